The smallest absolute Gasteiger partial charge is 0.174 e. The number of aromatic nitrogens is 1. The first kappa shape index (κ1) is 13.4. The van der Waals surface area contributed by atoms with Gasteiger partial charge in [0, 0.05) is 12.1 Å². The molecule has 0 aliphatic heterocycles. The van der Waals surface area contributed by atoms with E-state index in [9.17, 15) is 0 Å². The molecule has 0 saturated heterocycles. The van der Waals surface area contributed by atoms with Gasteiger partial charge >= 0.3 is 0 Å². The lowest BCUT2D eigenvalue weighted by molar-refractivity contribution is 0.237. The van der Waals surface area contributed by atoms with Gasteiger partial charge in [-0.3, -0.25) is 0 Å². The van der Waals surface area contributed by atoms with E-state index in [1.807, 2.05) is 25.1 Å². The van der Waals surface area contributed by atoms with Gasteiger partial charge in [0.15, 0.2) is 17.3 Å². The first-order valence-electron chi connectivity index (χ1n) is 6.14. The van der Waals surface area contributed by atoms with Crippen LogP contribution in [0.1, 0.15) is 18.2 Å². The molecule has 1 heterocycles. The van der Waals surface area contributed by atoms with E-state index in [0.717, 1.165) is 12.0 Å². The highest BCUT2D eigenvalue weighted by atomic mass is 16.5. The fourth-order valence-corrected chi connectivity index (χ4v) is 1.85. The number of hydrogen-bond donors (Lipinski definition) is 1. The summed E-state index contributed by atoms with van der Waals surface area (Å²) in [4.78, 5) is 0. The van der Waals surface area contributed by atoms with Crippen LogP contribution >= 0.6 is 0 Å². The van der Waals surface area contributed by atoms with Crippen molar-refractivity contribution >= 4 is 0 Å². The summed E-state index contributed by atoms with van der Waals surface area (Å²) >= 11 is 0. The molecule has 0 saturated carbocycles. The predicted molar refractivity (Wildman–Crippen MR) is 71.2 cm³/mol. The zero-order chi connectivity index (χ0) is 13.7. The van der Waals surface area contributed by atoms with Crippen LogP contribution < -0.4 is 15.2 Å². The lowest BCUT2D eigenvalue weighted by atomic mass is 10.1. The molecule has 2 N–H and O–H groups in total. The van der Waals surface area contributed by atoms with Crippen LogP contribution in [-0.2, 0) is 13.0 Å². The van der Waals surface area contributed by atoms with Crippen molar-refractivity contribution in [2.24, 2.45) is 5.73 Å². The van der Waals surface area contributed by atoms with Crippen molar-refractivity contribution in [2.45, 2.75) is 26.0 Å². The molecule has 102 valence electrons. The Hall–Kier alpha value is -2.01. The van der Waals surface area contributed by atoms with E-state index in [1.165, 1.54) is 0 Å². The Morgan fingerprint density at radius 1 is 1.37 bits per heavy atom. The highest BCUT2D eigenvalue weighted by Gasteiger charge is 2.12. The van der Waals surface area contributed by atoms with Gasteiger partial charge in [0.2, 0.25) is 0 Å². The maximum atomic E-state index is 5.85. The van der Waals surface area contributed by atoms with Crippen molar-refractivity contribution < 1.29 is 14.0 Å². The molecule has 0 spiro atoms. The Bertz CT molecular complexity index is 509. The van der Waals surface area contributed by atoms with E-state index in [4.69, 9.17) is 19.7 Å². The van der Waals surface area contributed by atoms with Crippen molar-refractivity contribution in [3.63, 3.8) is 0 Å². The molecule has 5 nitrogen and oxygen atoms in total. The molecule has 0 bridgehead atoms. The standard InChI is InChI=1S/C14H18N2O3/c1-10(15)8-11-4-3-5-13(17-2)14(11)18-9-12-6-7-16-19-12/h3-7,10H,8-9,15H2,1-2H3. The first-order chi connectivity index (χ1) is 9.20. The van der Waals surface area contributed by atoms with Crippen LogP contribution in [-0.4, -0.2) is 18.3 Å². The summed E-state index contributed by atoms with van der Waals surface area (Å²) < 4.78 is 16.1. The van der Waals surface area contributed by atoms with Crippen LogP contribution in [0.3, 0.4) is 0 Å². The molecular formula is C14H18N2O3. The molecule has 5 heteroatoms. The van der Waals surface area contributed by atoms with Crippen LogP contribution in [0.5, 0.6) is 11.5 Å². The van der Waals surface area contributed by atoms with E-state index in [1.54, 1.807) is 19.4 Å². The van der Waals surface area contributed by atoms with Gasteiger partial charge in [0.1, 0.15) is 6.61 Å². The second-order valence-electron chi connectivity index (χ2n) is 4.40. The number of para-hydroxylation sites is 1. The molecule has 0 radical (unpaired) electrons. The molecule has 0 fully saturated rings. The summed E-state index contributed by atoms with van der Waals surface area (Å²) in [5, 5.41) is 3.64. The first-order valence-corrected chi connectivity index (χ1v) is 6.14. The lowest BCUT2D eigenvalue weighted by Crippen LogP contribution is -2.18. The molecule has 1 atom stereocenters. The van der Waals surface area contributed by atoms with Crippen molar-refractivity contribution in [2.75, 3.05) is 7.11 Å². The SMILES string of the molecule is COc1cccc(CC(C)N)c1OCc1ccno1. The van der Waals surface area contributed by atoms with Gasteiger partial charge in [-0.2, -0.15) is 0 Å². The number of nitrogens with two attached hydrogens (primary N) is 1. The Morgan fingerprint density at radius 2 is 2.21 bits per heavy atom. The third-order valence-electron chi connectivity index (χ3n) is 2.67. The molecule has 0 aliphatic carbocycles. The molecular weight excluding hydrogens is 244 g/mol. The zero-order valence-electron chi connectivity index (χ0n) is 11.1. The predicted octanol–water partition coefficient (Wildman–Crippen LogP) is 2.15. The number of methoxy groups -OCH3 is 1. The monoisotopic (exact) mass is 262 g/mol. The summed E-state index contributed by atoms with van der Waals surface area (Å²) in [6.45, 7) is 2.27. The largest absolute Gasteiger partial charge is 0.493 e. The van der Waals surface area contributed by atoms with Gasteiger partial charge in [-0.25, -0.2) is 0 Å². The second kappa shape index (κ2) is 6.24. The van der Waals surface area contributed by atoms with Crippen LogP contribution in [0, 0.1) is 0 Å². The van der Waals surface area contributed by atoms with Crippen LogP contribution in [0.15, 0.2) is 35.0 Å². The van der Waals surface area contributed by atoms with E-state index in [2.05, 4.69) is 5.16 Å². The Labute approximate surface area is 112 Å². The molecule has 0 amide bonds. The van der Waals surface area contributed by atoms with Crippen molar-refractivity contribution in [3.05, 3.63) is 41.8 Å². The number of ether oxygens (including phenoxy) is 2. The second-order valence-corrected chi connectivity index (χ2v) is 4.40. The maximum absolute atomic E-state index is 5.85. The van der Waals surface area contributed by atoms with Gasteiger partial charge in [-0.15, -0.1) is 0 Å². The summed E-state index contributed by atoms with van der Waals surface area (Å²) in [6.07, 6.45) is 2.31. The van der Waals surface area contributed by atoms with E-state index in [0.29, 0.717) is 23.9 Å². The van der Waals surface area contributed by atoms with Gasteiger partial charge in [0.05, 0.1) is 13.3 Å². The third-order valence-corrected chi connectivity index (χ3v) is 2.67. The summed E-state index contributed by atoms with van der Waals surface area (Å²) in [5.74, 6) is 2.06. The Kier molecular flexibility index (Phi) is 4.41. The van der Waals surface area contributed by atoms with Crippen molar-refractivity contribution in [3.8, 4) is 11.5 Å². The Balaban J connectivity index is 2.19. The van der Waals surface area contributed by atoms with Crippen molar-refractivity contribution in [1.82, 2.24) is 5.16 Å². The minimum Gasteiger partial charge on any atom is -0.493 e. The molecule has 1 aromatic heterocycles. The highest BCUT2D eigenvalue weighted by Crippen LogP contribution is 2.32. The molecule has 2 aromatic rings. The topological polar surface area (TPSA) is 70.5 Å². The molecule has 19 heavy (non-hydrogen) atoms. The Morgan fingerprint density at radius 3 is 2.84 bits per heavy atom. The van der Waals surface area contributed by atoms with E-state index >= 15 is 0 Å². The normalized spacial score (nSPS) is 12.2. The fourth-order valence-electron chi connectivity index (χ4n) is 1.85. The summed E-state index contributed by atoms with van der Waals surface area (Å²) in [7, 11) is 1.62. The average molecular weight is 262 g/mol. The summed E-state index contributed by atoms with van der Waals surface area (Å²) in [5.41, 5.74) is 6.87. The maximum Gasteiger partial charge on any atom is 0.174 e. The minimum atomic E-state index is 0.0553. The van der Waals surface area contributed by atoms with E-state index in [-0.39, 0.29) is 6.04 Å². The van der Waals surface area contributed by atoms with Gasteiger partial charge in [0.25, 0.3) is 0 Å². The summed E-state index contributed by atoms with van der Waals surface area (Å²) in [6, 6.07) is 7.60. The number of benzene rings is 1. The highest BCUT2D eigenvalue weighted by molar-refractivity contribution is 5.47. The van der Waals surface area contributed by atoms with Gasteiger partial charge in [-0.1, -0.05) is 17.3 Å². The van der Waals surface area contributed by atoms with Gasteiger partial charge < -0.3 is 19.7 Å². The zero-order valence-corrected chi connectivity index (χ0v) is 11.1. The molecule has 1 aromatic carbocycles. The van der Waals surface area contributed by atoms with E-state index < -0.39 is 0 Å². The minimum absolute atomic E-state index is 0.0553. The van der Waals surface area contributed by atoms with Crippen LogP contribution in [0.25, 0.3) is 0 Å². The fraction of sp³-hybridized carbons (Fsp3) is 0.357. The van der Waals surface area contributed by atoms with Crippen LogP contribution in [0.4, 0.5) is 0 Å². The quantitative estimate of drug-likeness (QED) is 0.863. The lowest BCUT2D eigenvalue weighted by Gasteiger charge is -2.15. The molecule has 2 rings (SSSR count). The third kappa shape index (κ3) is 3.48. The molecule has 0 aliphatic rings. The number of rotatable bonds is 6. The van der Waals surface area contributed by atoms with Crippen LogP contribution in [0.2, 0.25) is 0 Å². The number of nitrogens with zero attached hydrogens (tertiary/aromatic N) is 1. The number of hydrogen-bond acceptors (Lipinski definition) is 5. The average Bonchev–Trinajstić information content (AvgIpc) is 2.89. The van der Waals surface area contributed by atoms with Crippen molar-refractivity contribution in [1.29, 1.82) is 0 Å². The van der Waals surface area contributed by atoms with Gasteiger partial charge in [-0.05, 0) is 25.0 Å². The molecule has 1 unspecified atom stereocenters.